The molecule has 11 nitrogen and oxygen atoms in total. The highest BCUT2D eigenvalue weighted by Crippen LogP contribution is 1.98. The van der Waals surface area contributed by atoms with E-state index in [-0.39, 0.29) is 6.61 Å². The van der Waals surface area contributed by atoms with Crippen LogP contribution in [0.2, 0.25) is 0 Å². The van der Waals surface area contributed by atoms with Gasteiger partial charge in [-0.25, -0.2) is 4.39 Å². The second kappa shape index (κ2) is 38.5. The van der Waals surface area contributed by atoms with Crippen LogP contribution in [0.1, 0.15) is 32.6 Å². The van der Waals surface area contributed by atoms with Crippen molar-refractivity contribution in [1.29, 1.82) is 0 Å². The molecule has 0 N–H and O–H groups in total. The van der Waals surface area contributed by atoms with Crippen LogP contribution in [-0.4, -0.2) is 152 Å². The molecule has 0 aliphatic rings. The van der Waals surface area contributed by atoms with Gasteiger partial charge in [0.2, 0.25) is 0 Å². The van der Waals surface area contributed by atoms with Crippen LogP contribution in [0, 0.1) is 0 Å². The largest absolute Gasteiger partial charge is 0.379 e. The number of rotatable bonds is 37. The van der Waals surface area contributed by atoms with Crippen LogP contribution < -0.4 is 0 Å². The molecule has 0 aromatic heterocycles. The molecule has 0 aliphatic heterocycles. The average Bonchev–Trinajstić information content (AvgIpc) is 2.97. The van der Waals surface area contributed by atoms with E-state index in [1.165, 1.54) is 19.3 Å². The number of hydrogen-bond donors (Lipinski definition) is 0. The summed E-state index contributed by atoms with van der Waals surface area (Å²) in [5.41, 5.74) is 0. The van der Waals surface area contributed by atoms with Crippen LogP contribution in [0.15, 0.2) is 0 Å². The van der Waals surface area contributed by atoms with Crippen molar-refractivity contribution in [2.75, 3.05) is 152 Å². The summed E-state index contributed by atoms with van der Waals surface area (Å²) in [7, 11) is 0. The standard InChI is InChI=1S/C28H57FO11/c1-2-3-4-5-7-30-9-11-32-13-15-34-17-19-36-21-23-38-25-27-40-28-26-39-24-22-37-20-18-35-16-14-33-12-10-31-8-6-29/h2-28H2,1H3. The zero-order valence-electron chi connectivity index (χ0n) is 25.0. The predicted molar refractivity (Wildman–Crippen MR) is 149 cm³/mol. The molecular formula is C28H57FO11. The van der Waals surface area contributed by atoms with E-state index < -0.39 is 6.67 Å². The van der Waals surface area contributed by atoms with Gasteiger partial charge < -0.3 is 52.1 Å². The van der Waals surface area contributed by atoms with Gasteiger partial charge in [-0.15, -0.1) is 0 Å². The van der Waals surface area contributed by atoms with Gasteiger partial charge in [0.05, 0.1) is 139 Å². The molecule has 0 aromatic rings. The lowest BCUT2D eigenvalue weighted by molar-refractivity contribution is -0.0276. The van der Waals surface area contributed by atoms with Gasteiger partial charge in [0.15, 0.2) is 0 Å². The number of unbranched alkanes of at least 4 members (excludes halogenated alkanes) is 3. The summed E-state index contributed by atoms with van der Waals surface area (Å²) in [6.45, 7) is 13.0. The van der Waals surface area contributed by atoms with Gasteiger partial charge in [0.1, 0.15) is 6.67 Å². The van der Waals surface area contributed by atoms with Crippen LogP contribution in [-0.2, 0) is 52.1 Å². The average molecular weight is 589 g/mol. The topological polar surface area (TPSA) is 102 Å². The molecule has 0 spiro atoms. The van der Waals surface area contributed by atoms with E-state index in [9.17, 15) is 4.39 Å². The molecule has 0 aliphatic carbocycles. The third kappa shape index (κ3) is 37.5. The number of alkyl halides is 1. The van der Waals surface area contributed by atoms with Crippen LogP contribution >= 0.6 is 0 Å². The van der Waals surface area contributed by atoms with Crippen molar-refractivity contribution in [1.82, 2.24) is 0 Å². The van der Waals surface area contributed by atoms with Gasteiger partial charge in [0, 0.05) is 6.61 Å². The Hall–Kier alpha value is -0.510. The lowest BCUT2D eigenvalue weighted by atomic mass is 10.2. The highest BCUT2D eigenvalue weighted by atomic mass is 19.1. The van der Waals surface area contributed by atoms with Crippen LogP contribution in [0.4, 0.5) is 4.39 Å². The second-order valence-corrected chi connectivity index (χ2v) is 8.49. The van der Waals surface area contributed by atoms with Crippen LogP contribution in [0.25, 0.3) is 0 Å². The first-order valence-electron chi connectivity index (χ1n) is 14.8. The molecule has 0 saturated heterocycles. The first kappa shape index (κ1) is 39.5. The van der Waals surface area contributed by atoms with E-state index in [1.807, 2.05) is 0 Å². The predicted octanol–water partition coefficient (Wildman–Crippen LogP) is 2.72. The molecule has 0 unspecified atom stereocenters. The summed E-state index contributed by atoms with van der Waals surface area (Å²) >= 11 is 0. The van der Waals surface area contributed by atoms with Crippen molar-refractivity contribution in [3.05, 3.63) is 0 Å². The van der Waals surface area contributed by atoms with Crippen molar-refractivity contribution in [2.45, 2.75) is 32.6 Å². The van der Waals surface area contributed by atoms with Crippen molar-refractivity contribution < 1.29 is 56.5 Å². The van der Waals surface area contributed by atoms with E-state index in [0.29, 0.717) is 132 Å². The molecule has 0 atom stereocenters. The molecule has 0 saturated carbocycles. The van der Waals surface area contributed by atoms with Gasteiger partial charge in [-0.3, -0.25) is 0 Å². The first-order valence-corrected chi connectivity index (χ1v) is 14.8. The molecule has 0 rings (SSSR count). The number of ether oxygens (including phenoxy) is 11. The molecule has 242 valence electrons. The van der Waals surface area contributed by atoms with E-state index >= 15 is 0 Å². The second-order valence-electron chi connectivity index (χ2n) is 8.49. The lowest BCUT2D eigenvalue weighted by Crippen LogP contribution is -2.15. The Bertz CT molecular complexity index is 401. The van der Waals surface area contributed by atoms with E-state index in [0.717, 1.165) is 13.0 Å². The fourth-order valence-corrected chi connectivity index (χ4v) is 2.99. The maximum atomic E-state index is 11.8. The first-order chi connectivity index (χ1) is 19.9. The lowest BCUT2D eigenvalue weighted by Gasteiger charge is -2.09. The highest BCUT2D eigenvalue weighted by Gasteiger charge is 1.96. The summed E-state index contributed by atoms with van der Waals surface area (Å²) in [6.07, 6.45) is 4.89. The van der Waals surface area contributed by atoms with Gasteiger partial charge in [-0.1, -0.05) is 26.2 Å². The van der Waals surface area contributed by atoms with Gasteiger partial charge in [-0.2, -0.15) is 0 Å². The number of hydrogen-bond acceptors (Lipinski definition) is 11. The van der Waals surface area contributed by atoms with Crippen molar-refractivity contribution in [3.8, 4) is 0 Å². The van der Waals surface area contributed by atoms with Crippen molar-refractivity contribution >= 4 is 0 Å². The minimum atomic E-state index is -0.472. The molecule has 0 amide bonds. The highest BCUT2D eigenvalue weighted by molar-refractivity contribution is 4.41. The van der Waals surface area contributed by atoms with Gasteiger partial charge in [-0.05, 0) is 6.42 Å². The van der Waals surface area contributed by atoms with Crippen molar-refractivity contribution in [2.24, 2.45) is 0 Å². The Balaban J connectivity index is 3.01. The van der Waals surface area contributed by atoms with Gasteiger partial charge >= 0.3 is 0 Å². The summed E-state index contributed by atoms with van der Waals surface area (Å²) in [4.78, 5) is 0. The number of halogens is 1. The maximum Gasteiger partial charge on any atom is 0.113 e. The third-order valence-electron chi connectivity index (χ3n) is 5.08. The summed E-state index contributed by atoms with van der Waals surface area (Å²) in [5, 5.41) is 0. The molecule has 0 radical (unpaired) electrons. The maximum absolute atomic E-state index is 11.8. The molecule has 0 aromatic carbocycles. The summed E-state index contributed by atoms with van der Waals surface area (Å²) in [5.74, 6) is 0. The van der Waals surface area contributed by atoms with E-state index in [4.69, 9.17) is 52.1 Å². The zero-order chi connectivity index (χ0) is 28.9. The quantitative estimate of drug-likeness (QED) is 0.100. The molecular weight excluding hydrogens is 531 g/mol. The smallest absolute Gasteiger partial charge is 0.113 e. The summed E-state index contributed by atoms with van der Waals surface area (Å²) in [6, 6.07) is 0. The Morgan fingerprint density at radius 2 is 0.500 bits per heavy atom. The van der Waals surface area contributed by atoms with Gasteiger partial charge in [0.25, 0.3) is 0 Å². The van der Waals surface area contributed by atoms with Crippen molar-refractivity contribution in [3.63, 3.8) is 0 Å². The SMILES string of the molecule is CCCCCCOCCOCCOCCOCCOCCOCCOCCOCCOCCOCCOCCF. The summed E-state index contributed by atoms with van der Waals surface area (Å²) < 4.78 is 71.1. The van der Waals surface area contributed by atoms with E-state index in [1.54, 1.807) is 0 Å². The Kier molecular flexibility index (Phi) is 38.0. The van der Waals surface area contributed by atoms with Crippen LogP contribution in [0.5, 0.6) is 0 Å². The molecule has 0 heterocycles. The third-order valence-corrected chi connectivity index (χ3v) is 5.08. The monoisotopic (exact) mass is 588 g/mol. The Morgan fingerprint density at radius 1 is 0.275 bits per heavy atom. The minimum Gasteiger partial charge on any atom is -0.379 e. The molecule has 0 fully saturated rings. The van der Waals surface area contributed by atoms with Crippen LogP contribution in [0.3, 0.4) is 0 Å². The Morgan fingerprint density at radius 3 is 0.725 bits per heavy atom. The molecule has 0 bridgehead atoms. The minimum absolute atomic E-state index is 0.116. The molecule has 40 heavy (non-hydrogen) atoms. The fourth-order valence-electron chi connectivity index (χ4n) is 2.99. The van der Waals surface area contributed by atoms with E-state index in [2.05, 4.69) is 6.92 Å². The fraction of sp³-hybridized carbons (Fsp3) is 1.00. The molecule has 12 heteroatoms. The zero-order valence-corrected chi connectivity index (χ0v) is 25.0. The normalized spacial score (nSPS) is 11.6. The Labute approximate surface area is 241 Å².